The fraction of sp³-hybridized carbons (Fsp3) is 0.167. The highest BCUT2D eigenvalue weighted by Crippen LogP contribution is 2.28. The molecule has 3 heterocycles. The van der Waals surface area contributed by atoms with Gasteiger partial charge >= 0.3 is 0 Å². The topological polar surface area (TPSA) is 93.8 Å². The maximum absolute atomic E-state index is 11.0. The molecule has 0 radical (unpaired) electrons. The normalized spacial score (nSPS) is 10.9. The Labute approximate surface area is 132 Å². The molecule has 0 spiro atoms. The van der Waals surface area contributed by atoms with Crippen LogP contribution in [-0.4, -0.2) is 20.9 Å². The summed E-state index contributed by atoms with van der Waals surface area (Å²) in [6.07, 6.45) is 0. The van der Waals surface area contributed by atoms with Crippen molar-refractivity contribution in [3.63, 3.8) is 0 Å². The molecule has 108 valence electrons. The van der Waals surface area contributed by atoms with Gasteiger partial charge < -0.3 is 11.1 Å². The highest BCUT2D eigenvalue weighted by molar-refractivity contribution is 7.98. The first kappa shape index (κ1) is 14.2. The van der Waals surface area contributed by atoms with E-state index in [0.717, 1.165) is 15.9 Å². The van der Waals surface area contributed by atoms with Crippen molar-refractivity contribution in [1.29, 1.82) is 0 Å². The second-order valence-corrected chi connectivity index (χ2v) is 6.84. The molecule has 0 aromatic carbocycles. The van der Waals surface area contributed by atoms with E-state index < -0.39 is 0 Å². The first-order valence-corrected chi connectivity index (χ1v) is 8.72. The number of nitrogens with two attached hydrogens (primary N) is 1. The largest absolute Gasteiger partial charge is 0.383 e. The van der Waals surface area contributed by atoms with E-state index in [1.54, 1.807) is 11.3 Å². The number of aromatic nitrogens is 3. The van der Waals surface area contributed by atoms with Crippen molar-refractivity contribution in [2.24, 2.45) is 0 Å². The van der Waals surface area contributed by atoms with Crippen LogP contribution in [0.25, 0.3) is 10.2 Å². The molecule has 0 saturated heterocycles. The van der Waals surface area contributed by atoms with Crippen LogP contribution in [0, 0.1) is 0 Å². The summed E-state index contributed by atoms with van der Waals surface area (Å²) in [6, 6.07) is 1.92. The molecule has 0 aliphatic heterocycles. The third-order valence-corrected chi connectivity index (χ3v) is 5.01. The first-order valence-electron chi connectivity index (χ1n) is 5.97. The van der Waals surface area contributed by atoms with Crippen molar-refractivity contribution in [2.75, 3.05) is 11.1 Å². The smallest absolute Gasteiger partial charge is 0.223 e. The Balaban J connectivity index is 1.71. The van der Waals surface area contributed by atoms with Crippen LogP contribution in [0.3, 0.4) is 0 Å². The van der Waals surface area contributed by atoms with Crippen LogP contribution < -0.4 is 11.1 Å². The van der Waals surface area contributed by atoms with Crippen LogP contribution in [0.15, 0.2) is 22.0 Å². The molecule has 0 unspecified atom stereocenters. The first-order chi connectivity index (χ1) is 10.1. The number of thioether (sulfide) groups is 1. The molecule has 3 N–H and O–H groups in total. The van der Waals surface area contributed by atoms with Crippen molar-refractivity contribution >= 4 is 61.5 Å². The Morgan fingerprint density at radius 2 is 2.24 bits per heavy atom. The average Bonchev–Trinajstić information content (AvgIpc) is 3.04. The van der Waals surface area contributed by atoms with E-state index in [4.69, 9.17) is 5.73 Å². The molecule has 0 bridgehead atoms. The number of thiazole rings is 1. The van der Waals surface area contributed by atoms with Gasteiger partial charge in [-0.25, -0.2) is 15.0 Å². The van der Waals surface area contributed by atoms with E-state index in [9.17, 15) is 4.79 Å². The number of carbonyl (C=O) groups is 1. The summed E-state index contributed by atoms with van der Waals surface area (Å²) in [5.74, 6) is 1.01. The molecule has 1 amide bonds. The van der Waals surface area contributed by atoms with E-state index >= 15 is 0 Å². The molecule has 0 aliphatic rings. The predicted octanol–water partition coefficient (Wildman–Crippen LogP) is 2.98. The summed E-state index contributed by atoms with van der Waals surface area (Å²) >= 11 is 4.42. The summed E-state index contributed by atoms with van der Waals surface area (Å²) in [5, 5.41) is 8.65. The van der Waals surface area contributed by atoms with Crippen LogP contribution in [0.1, 0.15) is 12.6 Å². The van der Waals surface area contributed by atoms with E-state index in [-0.39, 0.29) is 5.91 Å². The zero-order valence-corrected chi connectivity index (χ0v) is 13.4. The molecule has 0 saturated carbocycles. The van der Waals surface area contributed by atoms with E-state index in [2.05, 4.69) is 20.3 Å². The number of amides is 1. The van der Waals surface area contributed by atoms with Crippen molar-refractivity contribution in [2.45, 2.75) is 17.8 Å². The predicted molar refractivity (Wildman–Crippen MR) is 87.8 cm³/mol. The maximum atomic E-state index is 11.0. The molecular formula is C12H11N5OS3. The van der Waals surface area contributed by atoms with Crippen LogP contribution in [-0.2, 0) is 10.5 Å². The van der Waals surface area contributed by atoms with Gasteiger partial charge in [-0.15, -0.1) is 22.7 Å². The molecule has 3 rings (SSSR count). The molecule has 0 atom stereocenters. The number of nitrogen functional groups attached to an aromatic ring is 1. The Morgan fingerprint density at radius 1 is 1.38 bits per heavy atom. The number of nitrogens with zero attached hydrogens (tertiary/aromatic N) is 3. The SMILES string of the molecule is CC(=O)Nc1nc(CSc2nc(N)c3ccsc3n2)cs1. The molecule has 3 aromatic heterocycles. The van der Waals surface area contributed by atoms with Crippen molar-refractivity contribution in [3.05, 3.63) is 22.5 Å². The second-order valence-electron chi connectivity index (χ2n) is 4.14. The monoisotopic (exact) mass is 337 g/mol. The standard InChI is InChI=1S/C12H11N5OS3/c1-6(18)14-11-15-7(4-20-11)5-21-12-16-9(13)8-2-3-19-10(8)17-12/h2-4H,5H2,1H3,(H2,13,16,17)(H,14,15,18). The minimum Gasteiger partial charge on any atom is -0.383 e. The zero-order chi connectivity index (χ0) is 14.8. The van der Waals surface area contributed by atoms with Gasteiger partial charge in [-0.1, -0.05) is 11.8 Å². The lowest BCUT2D eigenvalue weighted by Crippen LogP contribution is -2.05. The summed E-state index contributed by atoms with van der Waals surface area (Å²) in [5.41, 5.74) is 6.79. The minimum atomic E-state index is -0.122. The third-order valence-electron chi connectivity index (χ3n) is 2.52. The van der Waals surface area contributed by atoms with E-state index in [1.807, 2.05) is 16.8 Å². The lowest BCUT2D eigenvalue weighted by molar-refractivity contribution is -0.114. The van der Waals surface area contributed by atoms with Crippen LogP contribution in [0.4, 0.5) is 10.9 Å². The Hall–Kier alpha value is -1.71. The Kier molecular flexibility index (Phi) is 4.04. The van der Waals surface area contributed by atoms with Gasteiger partial charge in [0.1, 0.15) is 10.6 Å². The number of thiophene rings is 1. The number of rotatable bonds is 4. The summed E-state index contributed by atoms with van der Waals surface area (Å²) in [4.78, 5) is 24.9. The number of hydrogen-bond acceptors (Lipinski definition) is 8. The fourth-order valence-electron chi connectivity index (χ4n) is 1.64. The van der Waals surface area contributed by atoms with Crippen LogP contribution in [0.2, 0.25) is 0 Å². The van der Waals surface area contributed by atoms with Crippen LogP contribution in [0.5, 0.6) is 0 Å². The molecule has 0 fully saturated rings. The van der Waals surface area contributed by atoms with Gasteiger partial charge in [0, 0.05) is 18.1 Å². The lowest BCUT2D eigenvalue weighted by atomic mass is 10.4. The van der Waals surface area contributed by atoms with E-state index in [0.29, 0.717) is 21.9 Å². The van der Waals surface area contributed by atoms with Gasteiger partial charge in [-0.05, 0) is 11.4 Å². The molecule has 3 aromatic rings. The molecule has 21 heavy (non-hydrogen) atoms. The number of nitrogens with one attached hydrogen (secondary N) is 1. The van der Waals surface area contributed by atoms with E-state index in [1.165, 1.54) is 30.0 Å². The Bertz CT molecular complexity index is 797. The second kappa shape index (κ2) is 5.96. The number of carbonyl (C=O) groups excluding carboxylic acids is 1. The molecular weight excluding hydrogens is 326 g/mol. The third kappa shape index (κ3) is 3.31. The molecule has 6 nitrogen and oxygen atoms in total. The van der Waals surface area contributed by atoms with Crippen molar-refractivity contribution < 1.29 is 4.79 Å². The van der Waals surface area contributed by atoms with Crippen LogP contribution >= 0.6 is 34.4 Å². The molecule has 0 aliphatic carbocycles. The highest BCUT2D eigenvalue weighted by atomic mass is 32.2. The highest BCUT2D eigenvalue weighted by Gasteiger charge is 2.09. The van der Waals surface area contributed by atoms with Gasteiger partial charge in [0.2, 0.25) is 5.91 Å². The van der Waals surface area contributed by atoms with Gasteiger partial charge in [0.25, 0.3) is 0 Å². The summed E-state index contributed by atoms with van der Waals surface area (Å²) in [6.45, 7) is 1.46. The summed E-state index contributed by atoms with van der Waals surface area (Å²) < 4.78 is 0. The van der Waals surface area contributed by atoms with Crippen molar-refractivity contribution in [1.82, 2.24) is 15.0 Å². The average molecular weight is 337 g/mol. The minimum absolute atomic E-state index is 0.122. The molecule has 9 heteroatoms. The number of anilines is 2. The maximum Gasteiger partial charge on any atom is 0.223 e. The van der Waals surface area contributed by atoms with Gasteiger partial charge in [0.05, 0.1) is 11.1 Å². The summed E-state index contributed by atoms with van der Waals surface area (Å²) in [7, 11) is 0. The zero-order valence-electron chi connectivity index (χ0n) is 11.0. The van der Waals surface area contributed by atoms with Gasteiger partial charge in [-0.3, -0.25) is 4.79 Å². The van der Waals surface area contributed by atoms with Gasteiger partial charge in [-0.2, -0.15) is 0 Å². The fourth-order valence-corrected chi connectivity index (χ4v) is 4.08. The lowest BCUT2D eigenvalue weighted by Gasteiger charge is -2.01. The number of hydrogen-bond donors (Lipinski definition) is 2. The Morgan fingerprint density at radius 3 is 3.05 bits per heavy atom. The number of fused-ring (bicyclic) bond motifs is 1. The van der Waals surface area contributed by atoms with Gasteiger partial charge in [0.15, 0.2) is 10.3 Å². The quantitative estimate of drug-likeness (QED) is 0.561. The van der Waals surface area contributed by atoms with Crippen molar-refractivity contribution in [3.8, 4) is 0 Å².